The van der Waals surface area contributed by atoms with Crippen LogP contribution in [0, 0.1) is 0 Å². The van der Waals surface area contributed by atoms with Crippen LogP contribution < -0.4 is 9.64 Å². The van der Waals surface area contributed by atoms with Gasteiger partial charge in [0.25, 0.3) is 0 Å². The maximum absolute atomic E-state index is 12.1. The van der Waals surface area contributed by atoms with Crippen LogP contribution in [-0.4, -0.2) is 29.8 Å². The molecule has 1 aliphatic heterocycles. The highest BCUT2D eigenvalue weighted by Crippen LogP contribution is 2.31. The minimum absolute atomic E-state index is 0.407. The molecule has 0 atom stereocenters. The predicted molar refractivity (Wildman–Crippen MR) is 73.4 cm³/mol. The fraction of sp³-hybridized carbons (Fsp3) is 0.429. The predicted octanol–water partition coefficient (Wildman–Crippen LogP) is 2.86. The van der Waals surface area contributed by atoms with Gasteiger partial charge in [-0.1, -0.05) is 12.7 Å². The zero-order valence-electron chi connectivity index (χ0n) is 11.5. The molecule has 5 nitrogen and oxygen atoms in total. The molecule has 19 heavy (non-hydrogen) atoms. The Morgan fingerprint density at radius 1 is 1.58 bits per heavy atom. The number of ether oxygens (including phenoxy) is 2. The Morgan fingerprint density at radius 3 is 2.95 bits per heavy atom. The van der Waals surface area contributed by atoms with Gasteiger partial charge in [-0.15, -0.1) is 0 Å². The third-order valence-electron chi connectivity index (χ3n) is 2.53. The Hall–Kier alpha value is -2.04. The van der Waals surface area contributed by atoms with E-state index in [1.807, 2.05) is 26.8 Å². The van der Waals surface area contributed by atoms with Gasteiger partial charge in [-0.2, -0.15) is 0 Å². The van der Waals surface area contributed by atoms with E-state index in [0.717, 1.165) is 5.56 Å². The first-order valence-electron chi connectivity index (χ1n) is 6.16. The Bertz CT molecular complexity index is 506. The fourth-order valence-corrected chi connectivity index (χ4v) is 1.72. The van der Waals surface area contributed by atoms with Crippen molar-refractivity contribution in [1.82, 2.24) is 4.98 Å². The molecule has 0 saturated heterocycles. The van der Waals surface area contributed by atoms with Gasteiger partial charge in [0.15, 0.2) is 11.6 Å². The number of amides is 1. The van der Waals surface area contributed by atoms with Gasteiger partial charge in [-0.25, -0.2) is 9.78 Å². The lowest BCUT2D eigenvalue weighted by Gasteiger charge is -2.30. The second-order valence-corrected chi connectivity index (χ2v) is 5.27. The van der Waals surface area contributed by atoms with Crippen molar-refractivity contribution in [2.45, 2.75) is 26.4 Å². The van der Waals surface area contributed by atoms with E-state index < -0.39 is 11.7 Å². The first kappa shape index (κ1) is 13.4. The number of rotatable bonds is 1. The third kappa shape index (κ3) is 3.05. The number of aromatic nitrogens is 1. The lowest BCUT2D eigenvalue weighted by atomic mass is 10.2. The molecule has 0 radical (unpaired) electrons. The molecule has 0 unspecified atom stereocenters. The summed E-state index contributed by atoms with van der Waals surface area (Å²) in [5, 5.41) is 0. The topological polar surface area (TPSA) is 51.7 Å². The molecule has 1 amide bonds. The number of carbonyl (C=O) groups is 1. The van der Waals surface area contributed by atoms with E-state index in [-0.39, 0.29) is 0 Å². The van der Waals surface area contributed by atoms with Gasteiger partial charge in [0.1, 0.15) is 12.2 Å². The quantitative estimate of drug-likeness (QED) is 0.781. The number of anilines is 1. The minimum Gasteiger partial charge on any atom is -0.488 e. The highest BCUT2D eigenvalue weighted by atomic mass is 16.6. The molecule has 5 heteroatoms. The van der Waals surface area contributed by atoms with E-state index in [1.165, 1.54) is 4.90 Å². The highest BCUT2D eigenvalue weighted by molar-refractivity contribution is 5.89. The van der Waals surface area contributed by atoms with Crippen molar-refractivity contribution in [1.29, 1.82) is 0 Å². The van der Waals surface area contributed by atoms with Crippen molar-refractivity contribution in [3.05, 3.63) is 24.4 Å². The highest BCUT2D eigenvalue weighted by Gasteiger charge is 2.29. The van der Waals surface area contributed by atoms with Crippen molar-refractivity contribution in [2.75, 3.05) is 18.1 Å². The number of hydrogen-bond donors (Lipinski definition) is 0. The summed E-state index contributed by atoms with van der Waals surface area (Å²) in [5.41, 5.74) is 0.321. The number of carbonyl (C=O) groups excluding carboxylic acids is 1. The van der Waals surface area contributed by atoms with Crippen LogP contribution in [0.4, 0.5) is 10.6 Å². The molecule has 2 rings (SSSR count). The van der Waals surface area contributed by atoms with Crippen LogP contribution in [0.3, 0.4) is 0 Å². The zero-order chi connectivity index (χ0) is 14.0. The summed E-state index contributed by atoms with van der Waals surface area (Å²) in [6.45, 7) is 10.0. The van der Waals surface area contributed by atoms with Crippen molar-refractivity contribution in [2.24, 2.45) is 0 Å². The molecule has 102 valence electrons. The smallest absolute Gasteiger partial charge is 0.416 e. The number of fused-ring (bicyclic) bond motifs is 1. The van der Waals surface area contributed by atoms with Gasteiger partial charge >= 0.3 is 6.09 Å². The monoisotopic (exact) mass is 262 g/mol. The Balaban J connectivity index is 2.27. The number of hydrogen-bond acceptors (Lipinski definition) is 4. The lowest BCUT2D eigenvalue weighted by Crippen LogP contribution is -2.42. The molecule has 0 N–H and O–H groups in total. The Morgan fingerprint density at radius 2 is 2.32 bits per heavy atom. The van der Waals surface area contributed by atoms with Crippen LogP contribution in [0.2, 0.25) is 0 Å². The molecule has 0 bridgehead atoms. The molecule has 1 aromatic rings. The molecular formula is C14H18N2O3. The minimum atomic E-state index is -0.531. The fourth-order valence-electron chi connectivity index (χ4n) is 1.72. The summed E-state index contributed by atoms with van der Waals surface area (Å²) in [4.78, 5) is 17.9. The van der Waals surface area contributed by atoms with Gasteiger partial charge in [0, 0.05) is 6.20 Å². The van der Waals surface area contributed by atoms with E-state index in [1.54, 1.807) is 12.3 Å². The largest absolute Gasteiger partial charge is 0.488 e. The average molecular weight is 262 g/mol. The number of nitrogens with zero attached hydrogens (tertiary/aromatic N) is 2. The maximum atomic E-state index is 12.1. The van der Waals surface area contributed by atoms with E-state index in [0.29, 0.717) is 24.7 Å². The first-order valence-corrected chi connectivity index (χ1v) is 6.16. The second kappa shape index (κ2) is 4.91. The maximum Gasteiger partial charge on any atom is 0.416 e. The van der Waals surface area contributed by atoms with Gasteiger partial charge in [-0.05, 0) is 32.4 Å². The Kier molecular flexibility index (Phi) is 3.46. The van der Waals surface area contributed by atoms with Crippen LogP contribution >= 0.6 is 0 Å². The molecule has 1 aromatic heterocycles. The summed E-state index contributed by atoms with van der Waals surface area (Å²) in [7, 11) is 0. The molecule has 2 heterocycles. The standard InChI is InChI=1S/C14H18N2O3/c1-5-10-8-11-12(15-9-10)16(6-7-18-11)13(17)19-14(2,3)4/h5,8-9H,1,6-7H2,2-4H3. The molecule has 0 aliphatic carbocycles. The van der Waals surface area contributed by atoms with Crippen LogP contribution in [0.25, 0.3) is 6.08 Å². The van der Waals surface area contributed by atoms with Crippen LogP contribution in [0.5, 0.6) is 5.75 Å². The molecule has 0 fully saturated rings. The Labute approximate surface area is 112 Å². The van der Waals surface area contributed by atoms with Crippen molar-refractivity contribution in [3.8, 4) is 5.75 Å². The number of pyridine rings is 1. The van der Waals surface area contributed by atoms with E-state index >= 15 is 0 Å². The zero-order valence-corrected chi connectivity index (χ0v) is 11.5. The van der Waals surface area contributed by atoms with E-state index in [9.17, 15) is 4.79 Å². The molecule has 1 aliphatic rings. The van der Waals surface area contributed by atoms with E-state index in [2.05, 4.69) is 11.6 Å². The molecule has 0 aromatic carbocycles. The average Bonchev–Trinajstić information content (AvgIpc) is 2.35. The molecule has 0 spiro atoms. The summed E-state index contributed by atoms with van der Waals surface area (Å²) in [5.74, 6) is 1.07. The van der Waals surface area contributed by atoms with Crippen LogP contribution in [-0.2, 0) is 4.74 Å². The molecular weight excluding hydrogens is 244 g/mol. The summed E-state index contributed by atoms with van der Waals surface area (Å²) in [6, 6.07) is 1.81. The normalized spacial score (nSPS) is 14.4. The summed E-state index contributed by atoms with van der Waals surface area (Å²) in [6.07, 6.45) is 2.93. The van der Waals surface area contributed by atoms with Crippen LogP contribution in [0.15, 0.2) is 18.8 Å². The second-order valence-electron chi connectivity index (χ2n) is 5.27. The molecule has 0 saturated carbocycles. The van der Waals surface area contributed by atoms with E-state index in [4.69, 9.17) is 9.47 Å². The van der Waals surface area contributed by atoms with Crippen LogP contribution in [0.1, 0.15) is 26.3 Å². The van der Waals surface area contributed by atoms with Crippen molar-refractivity contribution >= 4 is 18.0 Å². The van der Waals surface area contributed by atoms with Gasteiger partial charge in [-0.3, -0.25) is 4.90 Å². The first-order chi connectivity index (χ1) is 8.90. The lowest BCUT2D eigenvalue weighted by molar-refractivity contribution is 0.0566. The summed E-state index contributed by atoms with van der Waals surface area (Å²) >= 11 is 0. The van der Waals surface area contributed by atoms with Gasteiger partial charge < -0.3 is 9.47 Å². The van der Waals surface area contributed by atoms with Gasteiger partial charge in [0.05, 0.1) is 6.54 Å². The summed E-state index contributed by atoms with van der Waals surface area (Å²) < 4.78 is 10.9. The van der Waals surface area contributed by atoms with Crippen molar-refractivity contribution in [3.63, 3.8) is 0 Å². The van der Waals surface area contributed by atoms with Gasteiger partial charge in [0.2, 0.25) is 0 Å². The SMILES string of the molecule is C=Cc1cnc2c(c1)OCCN2C(=O)OC(C)(C)C. The van der Waals surface area contributed by atoms with Crippen molar-refractivity contribution < 1.29 is 14.3 Å². The third-order valence-corrected chi connectivity index (χ3v) is 2.53.